The van der Waals surface area contributed by atoms with Crippen LogP contribution in [-0.2, 0) is 0 Å². The van der Waals surface area contributed by atoms with E-state index in [0.29, 0.717) is 0 Å². The third-order valence-electron chi connectivity index (χ3n) is 10.7. The highest BCUT2D eigenvalue weighted by Crippen LogP contribution is 2.36. The van der Waals surface area contributed by atoms with E-state index in [1.807, 2.05) is 0 Å². The van der Waals surface area contributed by atoms with E-state index in [-0.39, 0.29) is 0 Å². The first kappa shape index (κ1) is 29.5. The first-order valence-electron chi connectivity index (χ1n) is 17.6. The summed E-state index contributed by atoms with van der Waals surface area (Å²) < 4.78 is 4.90. The van der Waals surface area contributed by atoms with Crippen LogP contribution in [0.1, 0.15) is 0 Å². The van der Waals surface area contributed by atoms with Crippen LogP contribution in [0.15, 0.2) is 206 Å². The number of nitrogens with zero attached hydrogens (tertiary/aromatic N) is 2. The Kier molecular flexibility index (Phi) is 6.86. The standard InChI is InChI=1S/C48H34N2Si/c1-4-18-37(19-5-1)51(38-20-6-2-7-21-38,39-22-8-3-9-23-39)40-24-16-17-35(33-40)50-47-30-15-12-27-43(47)44-32-31-36(34-48(44)50)49-45-28-13-10-25-41(45)42-26-11-14-29-46(42)49/h1-34H. The van der Waals surface area contributed by atoms with Gasteiger partial charge in [0.05, 0.1) is 22.1 Å². The maximum Gasteiger partial charge on any atom is 0.179 e. The summed E-state index contributed by atoms with van der Waals surface area (Å²) in [5.41, 5.74) is 7.15. The van der Waals surface area contributed by atoms with Crippen molar-refractivity contribution in [2.24, 2.45) is 0 Å². The van der Waals surface area contributed by atoms with Gasteiger partial charge in [-0.1, -0.05) is 164 Å². The fraction of sp³-hybridized carbons (Fsp3) is 0. The molecule has 0 saturated carbocycles. The number of rotatable bonds is 6. The van der Waals surface area contributed by atoms with E-state index in [0.717, 1.165) is 11.4 Å². The molecule has 0 aliphatic rings. The Balaban J connectivity index is 1.27. The normalized spacial score (nSPS) is 11.9. The molecular weight excluding hydrogens is 633 g/mol. The highest BCUT2D eigenvalue weighted by Gasteiger charge is 2.41. The monoisotopic (exact) mass is 666 g/mol. The summed E-state index contributed by atoms with van der Waals surface area (Å²) in [6.45, 7) is 0. The van der Waals surface area contributed by atoms with E-state index in [1.54, 1.807) is 0 Å². The van der Waals surface area contributed by atoms with Gasteiger partial charge in [0, 0.05) is 32.9 Å². The van der Waals surface area contributed by atoms with Gasteiger partial charge in [-0.3, -0.25) is 0 Å². The molecule has 0 aliphatic carbocycles. The van der Waals surface area contributed by atoms with Gasteiger partial charge in [-0.15, -0.1) is 0 Å². The zero-order valence-electron chi connectivity index (χ0n) is 28.0. The molecule has 8 aromatic carbocycles. The van der Waals surface area contributed by atoms with Gasteiger partial charge in [0.2, 0.25) is 0 Å². The van der Waals surface area contributed by atoms with Gasteiger partial charge in [0.15, 0.2) is 8.07 Å². The Morgan fingerprint density at radius 2 is 0.627 bits per heavy atom. The van der Waals surface area contributed by atoms with E-state index in [2.05, 4.69) is 215 Å². The number of fused-ring (bicyclic) bond motifs is 6. The molecule has 0 saturated heterocycles. The summed E-state index contributed by atoms with van der Waals surface area (Å²) in [5, 5.41) is 10.5. The average molecular weight is 667 g/mol. The Labute approximate surface area is 298 Å². The van der Waals surface area contributed by atoms with Crippen LogP contribution in [0.25, 0.3) is 55.0 Å². The number of benzene rings is 8. The van der Waals surface area contributed by atoms with Crippen molar-refractivity contribution < 1.29 is 0 Å². The third-order valence-corrected chi connectivity index (χ3v) is 15.4. The van der Waals surface area contributed by atoms with Crippen molar-refractivity contribution in [3.05, 3.63) is 206 Å². The fourth-order valence-corrected chi connectivity index (χ4v) is 13.3. The van der Waals surface area contributed by atoms with Crippen LogP contribution in [0.5, 0.6) is 0 Å². The topological polar surface area (TPSA) is 9.86 Å². The maximum atomic E-state index is 2.48. The molecule has 240 valence electrons. The van der Waals surface area contributed by atoms with E-state index >= 15 is 0 Å². The Bertz CT molecular complexity index is 2700. The summed E-state index contributed by atoms with van der Waals surface area (Å²) in [4.78, 5) is 0. The molecule has 3 heteroatoms. The van der Waals surface area contributed by atoms with Crippen LogP contribution in [0.3, 0.4) is 0 Å². The molecule has 0 bridgehead atoms. The summed E-state index contributed by atoms with van der Waals surface area (Å²) in [7, 11) is -2.71. The van der Waals surface area contributed by atoms with E-state index in [9.17, 15) is 0 Å². The Morgan fingerprint density at radius 3 is 1.12 bits per heavy atom. The van der Waals surface area contributed by atoms with Crippen molar-refractivity contribution in [2.75, 3.05) is 0 Å². The average Bonchev–Trinajstić information content (AvgIpc) is 3.72. The van der Waals surface area contributed by atoms with Crippen LogP contribution in [0, 0.1) is 0 Å². The molecule has 0 amide bonds. The zero-order chi connectivity index (χ0) is 33.8. The van der Waals surface area contributed by atoms with Crippen LogP contribution in [0.2, 0.25) is 0 Å². The van der Waals surface area contributed by atoms with Gasteiger partial charge in [-0.2, -0.15) is 0 Å². The van der Waals surface area contributed by atoms with Crippen molar-refractivity contribution >= 4 is 72.4 Å². The van der Waals surface area contributed by atoms with Gasteiger partial charge in [-0.25, -0.2) is 0 Å². The van der Waals surface area contributed by atoms with E-state index < -0.39 is 8.07 Å². The van der Waals surface area contributed by atoms with Gasteiger partial charge in [0.25, 0.3) is 0 Å². The number of aromatic nitrogens is 2. The predicted molar refractivity (Wildman–Crippen MR) is 219 cm³/mol. The molecule has 2 aromatic heterocycles. The van der Waals surface area contributed by atoms with Crippen molar-refractivity contribution in [3.63, 3.8) is 0 Å². The zero-order valence-corrected chi connectivity index (χ0v) is 29.0. The molecule has 0 radical (unpaired) electrons. The molecule has 51 heavy (non-hydrogen) atoms. The molecule has 10 aromatic rings. The molecule has 2 heterocycles. The molecule has 2 nitrogen and oxygen atoms in total. The lowest BCUT2D eigenvalue weighted by Gasteiger charge is -2.34. The minimum Gasteiger partial charge on any atom is -0.309 e. The second-order valence-electron chi connectivity index (χ2n) is 13.3. The predicted octanol–water partition coefficient (Wildman–Crippen LogP) is 9.26. The summed E-state index contributed by atoms with van der Waals surface area (Å²) >= 11 is 0. The van der Waals surface area contributed by atoms with E-state index in [1.165, 1.54) is 64.4 Å². The number of hydrogen-bond acceptors (Lipinski definition) is 0. The third kappa shape index (κ3) is 4.49. The molecule has 0 spiro atoms. The summed E-state index contributed by atoms with van der Waals surface area (Å²) in [6, 6.07) is 76.2. The number of para-hydroxylation sites is 3. The van der Waals surface area contributed by atoms with Crippen LogP contribution in [-0.4, -0.2) is 17.2 Å². The second kappa shape index (κ2) is 11.9. The lowest BCUT2D eigenvalue weighted by Crippen LogP contribution is -2.74. The van der Waals surface area contributed by atoms with Crippen LogP contribution in [0.4, 0.5) is 0 Å². The summed E-state index contributed by atoms with van der Waals surface area (Å²) in [6.07, 6.45) is 0. The number of hydrogen-bond donors (Lipinski definition) is 0. The highest BCUT2D eigenvalue weighted by molar-refractivity contribution is 7.19. The Hall–Kier alpha value is -6.42. The minimum absolute atomic E-state index is 1.15. The lowest BCUT2D eigenvalue weighted by molar-refractivity contribution is 1.16. The molecule has 10 rings (SSSR count). The maximum absolute atomic E-state index is 2.71. The van der Waals surface area contributed by atoms with E-state index in [4.69, 9.17) is 0 Å². The smallest absolute Gasteiger partial charge is 0.179 e. The first-order chi connectivity index (χ1) is 25.3. The quantitative estimate of drug-likeness (QED) is 0.124. The van der Waals surface area contributed by atoms with Gasteiger partial charge in [0.1, 0.15) is 0 Å². The van der Waals surface area contributed by atoms with Crippen molar-refractivity contribution in [1.29, 1.82) is 0 Å². The van der Waals surface area contributed by atoms with Crippen molar-refractivity contribution in [1.82, 2.24) is 9.13 Å². The Morgan fingerprint density at radius 1 is 0.255 bits per heavy atom. The largest absolute Gasteiger partial charge is 0.309 e. The fourth-order valence-electron chi connectivity index (χ4n) is 8.52. The molecular formula is C48H34N2Si. The van der Waals surface area contributed by atoms with Gasteiger partial charge in [-0.05, 0) is 63.2 Å². The summed E-state index contributed by atoms with van der Waals surface area (Å²) in [5.74, 6) is 0. The van der Waals surface area contributed by atoms with Crippen LogP contribution >= 0.6 is 0 Å². The molecule has 0 aliphatic heterocycles. The van der Waals surface area contributed by atoms with Crippen molar-refractivity contribution in [3.8, 4) is 11.4 Å². The molecule has 0 unspecified atom stereocenters. The van der Waals surface area contributed by atoms with Gasteiger partial charge >= 0.3 is 0 Å². The SMILES string of the molecule is c1ccc([Si](c2ccccc2)(c2ccccc2)c2cccc(-n3c4ccccc4c4ccc(-n5c6ccccc6c6ccccc65)cc43)c2)cc1. The van der Waals surface area contributed by atoms with Crippen molar-refractivity contribution in [2.45, 2.75) is 0 Å². The highest BCUT2D eigenvalue weighted by atomic mass is 28.3. The molecule has 0 fully saturated rings. The second-order valence-corrected chi connectivity index (χ2v) is 17.1. The first-order valence-corrected chi connectivity index (χ1v) is 19.6. The van der Waals surface area contributed by atoms with Gasteiger partial charge < -0.3 is 9.13 Å². The molecule has 0 atom stereocenters. The minimum atomic E-state index is -2.71. The molecule has 0 N–H and O–H groups in total. The lowest BCUT2D eigenvalue weighted by atomic mass is 10.1. The van der Waals surface area contributed by atoms with Crippen LogP contribution < -0.4 is 20.7 Å².